The maximum atomic E-state index is 12.1. The molecular formula is C19H18F3N7O2. The van der Waals surface area contributed by atoms with Crippen LogP contribution in [-0.4, -0.2) is 40.7 Å². The van der Waals surface area contributed by atoms with Crippen molar-refractivity contribution in [1.82, 2.24) is 20.5 Å². The summed E-state index contributed by atoms with van der Waals surface area (Å²) in [5.74, 6) is 0.731. The average molecular weight is 433 g/mol. The minimum atomic E-state index is -4.76. The number of nitrogens with one attached hydrogen (secondary N) is 4. The Balaban J connectivity index is 1.36. The van der Waals surface area contributed by atoms with Crippen molar-refractivity contribution < 1.29 is 22.7 Å². The largest absolute Gasteiger partial charge is 0.573 e. The Kier molecular flexibility index (Phi) is 7.04. The molecule has 0 atom stereocenters. The van der Waals surface area contributed by atoms with Crippen molar-refractivity contribution in [2.75, 3.05) is 29.0 Å². The molecule has 9 nitrogen and oxygen atoms in total. The number of hydrogen-bond acceptors (Lipinski definition) is 7. The van der Waals surface area contributed by atoms with E-state index in [9.17, 15) is 18.0 Å². The fraction of sp³-hybridized carbons (Fsp3) is 0.158. The summed E-state index contributed by atoms with van der Waals surface area (Å²) >= 11 is 0. The van der Waals surface area contributed by atoms with Gasteiger partial charge < -0.3 is 26.0 Å². The number of urea groups is 1. The molecule has 4 N–H and O–H groups in total. The molecule has 0 unspecified atom stereocenters. The number of carbonyl (C=O) groups is 1. The van der Waals surface area contributed by atoms with Gasteiger partial charge in [0, 0.05) is 36.9 Å². The summed E-state index contributed by atoms with van der Waals surface area (Å²) in [5, 5.41) is 19.3. The first kappa shape index (κ1) is 21.6. The third kappa shape index (κ3) is 7.68. The Bertz CT molecular complexity index is 969. The van der Waals surface area contributed by atoms with Gasteiger partial charge in [-0.05, 0) is 48.5 Å². The van der Waals surface area contributed by atoms with Gasteiger partial charge >= 0.3 is 12.4 Å². The predicted molar refractivity (Wildman–Crippen MR) is 108 cm³/mol. The summed E-state index contributed by atoms with van der Waals surface area (Å²) in [6.07, 6.45) is -1.45. The molecule has 0 aliphatic carbocycles. The molecule has 0 radical (unpaired) electrons. The summed E-state index contributed by atoms with van der Waals surface area (Å²) < 4.78 is 40.2. The Morgan fingerprint density at radius 3 is 2.19 bits per heavy atom. The molecule has 0 bridgehead atoms. The first-order valence-electron chi connectivity index (χ1n) is 9.03. The number of amides is 2. The fourth-order valence-corrected chi connectivity index (χ4v) is 2.36. The molecule has 31 heavy (non-hydrogen) atoms. The van der Waals surface area contributed by atoms with Crippen molar-refractivity contribution in [3.63, 3.8) is 0 Å². The number of anilines is 4. The van der Waals surface area contributed by atoms with E-state index in [1.54, 1.807) is 36.7 Å². The molecule has 0 aliphatic rings. The number of carbonyl (C=O) groups excluding carboxylic acids is 1. The van der Waals surface area contributed by atoms with Crippen LogP contribution in [0.5, 0.6) is 5.75 Å². The lowest BCUT2D eigenvalue weighted by atomic mass is 10.3. The van der Waals surface area contributed by atoms with Crippen molar-refractivity contribution in [3.8, 4) is 5.75 Å². The average Bonchev–Trinajstić information content (AvgIpc) is 2.73. The molecule has 0 fully saturated rings. The fourth-order valence-electron chi connectivity index (χ4n) is 2.36. The van der Waals surface area contributed by atoms with Gasteiger partial charge in [0.25, 0.3) is 0 Å². The summed E-state index contributed by atoms with van der Waals surface area (Å²) in [7, 11) is 0. The van der Waals surface area contributed by atoms with Crippen LogP contribution in [0.1, 0.15) is 0 Å². The van der Waals surface area contributed by atoms with E-state index in [1.165, 1.54) is 12.1 Å². The van der Waals surface area contributed by atoms with E-state index in [-0.39, 0.29) is 12.3 Å². The normalized spacial score (nSPS) is 10.8. The van der Waals surface area contributed by atoms with Crippen molar-refractivity contribution >= 4 is 29.0 Å². The highest BCUT2D eigenvalue weighted by molar-refractivity contribution is 5.89. The van der Waals surface area contributed by atoms with Gasteiger partial charge in [-0.15, -0.1) is 23.4 Å². The number of halogens is 3. The first-order chi connectivity index (χ1) is 14.9. The molecule has 2 aromatic heterocycles. The molecule has 1 aromatic carbocycles. The van der Waals surface area contributed by atoms with E-state index < -0.39 is 12.4 Å². The lowest BCUT2D eigenvalue weighted by Crippen LogP contribution is -2.32. The van der Waals surface area contributed by atoms with Gasteiger partial charge in [-0.25, -0.2) is 4.79 Å². The predicted octanol–water partition coefficient (Wildman–Crippen LogP) is 3.75. The SMILES string of the molecule is O=C(NCCNc1ccc(Nc2ccncc2)nn1)Nc1ccc(OC(F)(F)F)cc1. The summed E-state index contributed by atoms with van der Waals surface area (Å²) in [5.41, 5.74) is 1.16. The molecule has 0 saturated heterocycles. The van der Waals surface area contributed by atoms with Gasteiger partial charge in [0.2, 0.25) is 0 Å². The number of hydrogen-bond donors (Lipinski definition) is 4. The zero-order valence-electron chi connectivity index (χ0n) is 16.0. The Morgan fingerprint density at radius 1 is 0.871 bits per heavy atom. The van der Waals surface area contributed by atoms with Crippen molar-refractivity contribution in [2.45, 2.75) is 6.36 Å². The highest BCUT2D eigenvalue weighted by Gasteiger charge is 2.30. The van der Waals surface area contributed by atoms with E-state index >= 15 is 0 Å². The van der Waals surface area contributed by atoms with Crippen LogP contribution in [0.15, 0.2) is 60.9 Å². The summed E-state index contributed by atoms with van der Waals surface area (Å²) in [6.45, 7) is 0.664. The molecule has 162 valence electrons. The highest BCUT2D eigenvalue weighted by Crippen LogP contribution is 2.23. The molecule has 0 spiro atoms. The van der Waals surface area contributed by atoms with Crippen LogP contribution in [0.4, 0.5) is 41.0 Å². The van der Waals surface area contributed by atoms with Crippen LogP contribution < -0.4 is 26.0 Å². The minimum absolute atomic E-state index is 0.278. The number of aromatic nitrogens is 3. The second-order valence-corrected chi connectivity index (χ2v) is 6.04. The smallest absolute Gasteiger partial charge is 0.406 e. The van der Waals surface area contributed by atoms with Crippen LogP contribution in [0, 0.1) is 0 Å². The van der Waals surface area contributed by atoms with Gasteiger partial charge in [0.1, 0.15) is 11.6 Å². The highest BCUT2D eigenvalue weighted by atomic mass is 19.4. The third-order valence-electron chi connectivity index (χ3n) is 3.68. The monoisotopic (exact) mass is 433 g/mol. The van der Waals surface area contributed by atoms with Crippen LogP contribution in [0.25, 0.3) is 0 Å². The van der Waals surface area contributed by atoms with Crippen LogP contribution in [0.2, 0.25) is 0 Å². The first-order valence-corrected chi connectivity index (χ1v) is 9.03. The molecule has 0 saturated carbocycles. The van der Waals surface area contributed by atoms with Crippen LogP contribution in [-0.2, 0) is 0 Å². The van der Waals surface area contributed by atoms with E-state index in [4.69, 9.17) is 0 Å². The second-order valence-electron chi connectivity index (χ2n) is 6.04. The van der Waals surface area contributed by atoms with Gasteiger partial charge in [-0.1, -0.05) is 0 Å². The topological polar surface area (TPSA) is 113 Å². The zero-order chi connectivity index (χ0) is 22.1. The van der Waals surface area contributed by atoms with Gasteiger partial charge in [0.15, 0.2) is 5.82 Å². The third-order valence-corrected chi connectivity index (χ3v) is 3.68. The van der Waals surface area contributed by atoms with E-state index in [0.29, 0.717) is 23.9 Å². The van der Waals surface area contributed by atoms with E-state index in [1.807, 2.05) is 0 Å². The number of rotatable bonds is 8. The van der Waals surface area contributed by atoms with Crippen molar-refractivity contribution in [2.24, 2.45) is 0 Å². The van der Waals surface area contributed by atoms with Crippen LogP contribution in [0.3, 0.4) is 0 Å². The zero-order valence-corrected chi connectivity index (χ0v) is 16.0. The minimum Gasteiger partial charge on any atom is -0.406 e. The summed E-state index contributed by atoms with van der Waals surface area (Å²) in [4.78, 5) is 15.8. The number of alkyl halides is 3. The lowest BCUT2D eigenvalue weighted by molar-refractivity contribution is -0.274. The van der Waals surface area contributed by atoms with E-state index in [2.05, 4.69) is 41.2 Å². The van der Waals surface area contributed by atoms with Crippen LogP contribution >= 0.6 is 0 Å². The summed E-state index contributed by atoms with van der Waals surface area (Å²) in [6, 6.07) is 11.4. The molecule has 3 rings (SSSR count). The standard InChI is InChI=1S/C19H18F3N7O2/c20-19(21,22)31-15-3-1-13(2-4-15)27-18(30)25-12-11-24-16-5-6-17(29-28-16)26-14-7-9-23-10-8-14/h1-10H,11-12H2,(H,24,28)(H,23,26,29)(H2,25,27,30). The molecule has 12 heteroatoms. The molecule has 3 aromatic rings. The molecular weight excluding hydrogens is 415 g/mol. The maximum Gasteiger partial charge on any atom is 0.573 e. The lowest BCUT2D eigenvalue weighted by Gasteiger charge is -2.11. The van der Waals surface area contributed by atoms with E-state index in [0.717, 1.165) is 17.8 Å². The Hall–Kier alpha value is -4.09. The molecule has 0 aliphatic heterocycles. The quantitative estimate of drug-likeness (QED) is 0.400. The molecule has 2 heterocycles. The number of pyridine rings is 1. The Morgan fingerprint density at radius 2 is 1.55 bits per heavy atom. The van der Waals surface area contributed by atoms with Gasteiger partial charge in [-0.3, -0.25) is 4.98 Å². The number of ether oxygens (including phenoxy) is 1. The molecule has 2 amide bonds. The van der Waals surface area contributed by atoms with Crippen molar-refractivity contribution in [3.05, 3.63) is 60.9 Å². The second kappa shape index (κ2) is 10.1. The maximum absolute atomic E-state index is 12.1. The van der Waals surface area contributed by atoms with Gasteiger partial charge in [-0.2, -0.15) is 0 Å². The number of benzene rings is 1. The van der Waals surface area contributed by atoms with Crippen molar-refractivity contribution in [1.29, 1.82) is 0 Å². The number of nitrogens with zero attached hydrogens (tertiary/aromatic N) is 3. The Labute approximate surface area is 175 Å². The van der Waals surface area contributed by atoms with Gasteiger partial charge in [0.05, 0.1) is 0 Å².